The molecule has 2 heterocycles. The molecule has 27 heavy (non-hydrogen) atoms. The smallest absolute Gasteiger partial charge is 0.226 e. The lowest BCUT2D eigenvalue weighted by Crippen LogP contribution is -2.50. The van der Waals surface area contributed by atoms with Crippen molar-refractivity contribution in [2.24, 2.45) is 5.73 Å². The second kappa shape index (κ2) is 7.98. The second-order valence-corrected chi connectivity index (χ2v) is 7.44. The van der Waals surface area contributed by atoms with Crippen LogP contribution in [-0.4, -0.2) is 34.6 Å². The summed E-state index contributed by atoms with van der Waals surface area (Å²) in [5.74, 6) is 2.16. The third-order valence-electron chi connectivity index (χ3n) is 4.20. The predicted octanol–water partition coefficient (Wildman–Crippen LogP) is 2.84. The lowest BCUT2D eigenvalue weighted by atomic mass is 10.3. The van der Waals surface area contributed by atoms with Crippen LogP contribution in [0.5, 0.6) is 0 Å². The Bertz CT molecular complexity index is 760. The first-order chi connectivity index (χ1) is 12.9. The fourth-order valence-electron chi connectivity index (χ4n) is 2.86. The zero-order valence-electron chi connectivity index (χ0n) is 16.7. The summed E-state index contributed by atoms with van der Waals surface area (Å²) in [6.07, 6.45) is 0. The first kappa shape index (κ1) is 19.2. The van der Waals surface area contributed by atoms with Gasteiger partial charge >= 0.3 is 0 Å². The number of para-hydroxylation sites is 1. The Hall–Kier alpha value is -2.58. The maximum absolute atomic E-state index is 5.89. The summed E-state index contributed by atoms with van der Waals surface area (Å²) in [6, 6.07) is 10.5. The van der Waals surface area contributed by atoms with E-state index in [2.05, 4.69) is 53.9 Å². The molecule has 0 amide bonds. The third-order valence-corrected chi connectivity index (χ3v) is 4.20. The van der Waals surface area contributed by atoms with Crippen molar-refractivity contribution >= 4 is 29.0 Å². The van der Waals surface area contributed by atoms with Crippen LogP contribution in [0.1, 0.15) is 34.6 Å². The van der Waals surface area contributed by atoms with Crippen LogP contribution in [0.2, 0.25) is 0 Å². The SMILES string of the molecule is CC(N)CNc1nc(Nc2ccccc2)c2c(n1)N(C(C)C)NN2C(C)C. The van der Waals surface area contributed by atoms with Crippen molar-refractivity contribution in [3.8, 4) is 0 Å². The number of hydrogen-bond acceptors (Lipinski definition) is 8. The molecule has 1 atom stereocenters. The van der Waals surface area contributed by atoms with E-state index in [1.807, 2.05) is 37.3 Å². The van der Waals surface area contributed by atoms with Crippen LogP contribution >= 0.6 is 0 Å². The Morgan fingerprint density at radius 3 is 2.26 bits per heavy atom. The van der Waals surface area contributed by atoms with Crippen molar-refractivity contribution in [3.63, 3.8) is 0 Å². The Kier molecular flexibility index (Phi) is 5.67. The van der Waals surface area contributed by atoms with Gasteiger partial charge < -0.3 is 16.4 Å². The maximum Gasteiger partial charge on any atom is 0.226 e. The second-order valence-electron chi connectivity index (χ2n) is 7.44. The highest BCUT2D eigenvalue weighted by Gasteiger charge is 2.34. The number of benzene rings is 1. The minimum atomic E-state index is 0.0128. The summed E-state index contributed by atoms with van der Waals surface area (Å²) >= 11 is 0. The first-order valence-electron chi connectivity index (χ1n) is 9.45. The van der Waals surface area contributed by atoms with Crippen LogP contribution < -0.4 is 31.9 Å². The number of nitrogens with zero attached hydrogens (tertiary/aromatic N) is 4. The first-order valence-corrected chi connectivity index (χ1v) is 9.45. The lowest BCUT2D eigenvalue weighted by molar-refractivity contribution is 0.524. The average Bonchev–Trinajstić information content (AvgIpc) is 3.01. The third kappa shape index (κ3) is 4.23. The molecule has 3 rings (SSSR count). The normalized spacial score (nSPS) is 14.7. The Labute approximate surface area is 161 Å². The number of fused-ring (bicyclic) bond motifs is 1. The van der Waals surface area contributed by atoms with Gasteiger partial charge in [0, 0.05) is 30.4 Å². The highest BCUT2D eigenvalue weighted by molar-refractivity contribution is 5.85. The summed E-state index contributed by atoms with van der Waals surface area (Å²) < 4.78 is 0. The van der Waals surface area contributed by atoms with Gasteiger partial charge in [-0.3, -0.25) is 10.0 Å². The molecule has 1 aliphatic heterocycles. The molecular formula is C19H30N8. The van der Waals surface area contributed by atoms with Gasteiger partial charge in [0.05, 0.1) is 0 Å². The van der Waals surface area contributed by atoms with Crippen molar-refractivity contribution in [2.75, 3.05) is 27.2 Å². The molecule has 1 aromatic carbocycles. The summed E-state index contributed by atoms with van der Waals surface area (Å²) in [5.41, 5.74) is 11.2. The van der Waals surface area contributed by atoms with E-state index in [9.17, 15) is 0 Å². The molecule has 0 radical (unpaired) electrons. The van der Waals surface area contributed by atoms with Crippen molar-refractivity contribution in [1.82, 2.24) is 15.5 Å². The van der Waals surface area contributed by atoms with E-state index in [4.69, 9.17) is 15.7 Å². The molecule has 0 aliphatic carbocycles. The van der Waals surface area contributed by atoms with E-state index in [-0.39, 0.29) is 18.1 Å². The molecule has 1 aliphatic rings. The average molecular weight is 371 g/mol. The lowest BCUT2D eigenvalue weighted by Gasteiger charge is -2.27. The van der Waals surface area contributed by atoms with E-state index >= 15 is 0 Å². The van der Waals surface area contributed by atoms with Crippen LogP contribution in [0, 0.1) is 0 Å². The number of hydrazine groups is 2. The number of anilines is 5. The Balaban J connectivity index is 2.07. The van der Waals surface area contributed by atoms with E-state index < -0.39 is 0 Å². The highest BCUT2D eigenvalue weighted by atomic mass is 15.8. The molecule has 146 valence electrons. The molecule has 8 heteroatoms. The fraction of sp³-hybridized carbons (Fsp3) is 0.474. The summed E-state index contributed by atoms with van der Waals surface area (Å²) in [7, 11) is 0. The minimum absolute atomic E-state index is 0.0128. The molecule has 0 bridgehead atoms. The van der Waals surface area contributed by atoms with Gasteiger partial charge in [-0.2, -0.15) is 9.97 Å². The topological polar surface area (TPSA) is 94.4 Å². The molecule has 2 aromatic rings. The molecular weight excluding hydrogens is 340 g/mol. The largest absolute Gasteiger partial charge is 0.353 e. The number of rotatable bonds is 7. The van der Waals surface area contributed by atoms with Crippen LogP contribution in [0.25, 0.3) is 0 Å². The van der Waals surface area contributed by atoms with Gasteiger partial charge in [-0.25, -0.2) is 0 Å². The monoisotopic (exact) mass is 370 g/mol. The zero-order valence-corrected chi connectivity index (χ0v) is 16.7. The standard InChI is InChI=1S/C19H30N8/c1-12(2)26-16-17(22-15-9-7-6-8-10-15)23-19(21-11-14(5)20)24-18(16)27(25-26)13(3)4/h6-10,12-14,25H,11,20H2,1-5H3,(H2,21,22,23,24). The minimum Gasteiger partial charge on any atom is -0.353 e. The van der Waals surface area contributed by atoms with Gasteiger partial charge in [-0.05, 0) is 46.8 Å². The predicted molar refractivity (Wildman–Crippen MR) is 112 cm³/mol. The van der Waals surface area contributed by atoms with Gasteiger partial charge in [0.2, 0.25) is 5.95 Å². The number of aromatic nitrogens is 2. The van der Waals surface area contributed by atoms with Crippen LogP contribution in [0.3, 0.4) is 0 Å². The highest BCUT2D eigenvalue weighted by Crippen LogP contribution is 2.41. The molecule has 0 fully saturated rings. The fourth-order valence-corrected chi connectivity index (χ4v) is 2.86. The van der Waals surface area contributed by atoms with E-state index in [0.717, 1.165) is 23.0 Å². The molecule has 0 saturated carbocycles. The molecule has 5 N–H and O–H groups in total. The Morgan fingerprint density at radius 1 is 1.00 bits per heavy atom. The number of nitrogens with one attached hydrogen (secondary N) is 3. The van der Waals surface area contributed by atoms with Crippen molar-refractivity contribution in [3.05, 3.63) is 30.3 Å². The van der Waals surface area contributed by atoms with Gasteiger partial charge in [-0.1, -0.05) is 18.2 Å². The van der Waals surface area contributed by atoms with Crippen LogP contribution in [0.4, 0.5) is 29.0 Å². The summed E-state index contributed by atoms with van der Waals surface area (Å²) in [5, 5.41) is 10.8. The molecule has 8 nitrogen and oxygen atoms in total. The van der Waals surface area contributed by atoms with Gasteiger partial charge in [-0.15, -0.1) is 5.53 Å². The van der Waals surface area contributed by atoms with E-state index in [1.54, 1.807) is 0 Å². The molecule has 1 aromatic heterocycles. The summed E-state index contributed by atoms with van der Waals surface area (Å²) in [4.78, 5) is 9.51. The van der Waals surface area contributed by atoms with Crippen LogP contribution in [-0.2, 0) is 0 Å². The van der Waals surface area contributed by atoms with Gasteiger partial charge in [0.25, 0.3) is 0 Å². The maximum atomic E-state index is 5.89. The zero-order chi connectivity index (χ0) is 19.6. The number of nitrogens with two attached hydrogens (primary N) is 1. The van der Waals surface area contributed by atoms with Crippen molar-refractivity contribution in [1.29, 1.82) is 0 Å². The van der Waals surface area contributed by atoms with Crippen molar-refractivity contribution < 1.29 is 0 Å². The molecule has 0 saturated heterocycles. The van der Waals surface area contributed by atoms with Crippen molar-refractivity contribution in [2.45, 2.75) is 52.7 Å². The molecule has 1 unspecified atom stereocenters. The van der Waals surface area contributed by atoms with Gasteiger partial charge in [0.15, 0.2) is 11.6 Å². The van der Waals surface area contributed by atoms with E-state index in [0.29, 0.717) is 12.5 Å². The number of hydrogen-bond donors (Lipinski definition) is 4. The van der Waals surface area contributed by atoms with Gasteiger partial charge in [0.1, 0.15) is 5.69 Å². The van der Waals surface area contributed by atoms with E-state index in [1.165, 1.54) is 0 Å². The summed E-state index contributed by atoms with van der Waals surface area (Å²) in [6.45, 7) is 11.1. The quantitative estimate of drug-likeness (QED) is 0.591. The van der Waals surface area contributed by atoms with Crippen LogP contribution in [0.15, 0.2) is 30.3 Å². The molecule has 0 spiro atoms. The Morgan fingerprint density at radius 2 is 1.67 bits per heavy atom.